The number of rotatable bonds is 1. The first kappa shape index (κ1) is 14.1. The molecule has 0 bridgehead atoms. The summed E-state index contributed by atoms with van der Waals surface area (Å²) < 4.78 is 1.47. The average Bonchev–Trinajstić information content (AvgIpc) is 2.82. The summed E-state index contributed by atoms with van der Waals surface area (Å²) in [5.41, 5.74) is 6.26. The maximum atomic E-state index is 12.1. The van der Waals surface area contributed by atoms with Gasteiger partial charge in [-0.3, -0.25) is 9.78 Å². The van der Waals surface area contributed by atoms with Gasteiger partial charge in [-0.05, 0) is 18.2 Å². The second kappa shape index (κ2) is 4.55. The maximum Gasteiger partial charge on any atom is 0.274 e. The highest BCUT2D eigenvalue weighted by molar-refractivity contribution is 5.66. The minimum Gasteiger partial charge on any atom is -0.506 e. The van der Waals surface area contributed by atoms with Gasteiger partial charge in [-0.2, -0.15) is 9.61 Å². The molecule has 0 aliphatic heterocycles. The summed E-state index contributed by atoms with van der Waals surface area (Å²) in [5, 5.41) is 21.9. The Morgan fingerprint density at radius 1 is 1.27 bits per heavy atom. The van der Waals surface area contributed by atoms with Crippen molar-refractivity contribution in [3.8, 4) is 17.1 Å². The minimum absolute atomic E-state index is 0.00526. The summed E-state index contributed by atoms with van der Waals surface area (Å²) >= 11 is 0. The Morgan fingerprint density at radius 2 is 2.00 bits per heavy atom. The van der Waals surface area contributed by atoms with Gasteiger partial charge in [-0.15, -0.1) is 10.2 Å². The van der Waals surface area contributed by atoms with Crippen molar-refractivity contribution in [3.05, 3.63) is 34.2 Å². The number of nitrogens with two attached hydrogens (primary N) is 1. The molecule has 0 radical (unpaired) electrons. The van der Waals surface area contributed by atoms with Crippen LogP contribution in [0.25, 0.3) is 17.2 Å². The lowest BCUT2D eigenvalue weighted by Crippen LogP contribution is -2.28. The molecule has 0 saturated carbocycles. The van der Waals surface area contributed by atoms with Crippen LogP contribution in [0.1, 0.15) is 26.5 Å². The van der Waals surface area contributed by atoms with E-state index < -0.39 is 5.41 Å². The molecule has 114 valence electrons. The van der Waals surface area contributed by atoms with Gasteiger partial charge in [-0.1, -0.05) is 20.8 Å². The standard InChI is InChI=1S/C14H16N6O2/c1-14(2,3)10-12(22)16-13-18-17-11(20(13)19-10)7-4-5-9(21)8(15)6-7/h4-6,21H,15H2,1-3H3,(H,16,18,22). The zero-order valence-electron chi connectivity index (χ0n) is 12.5. The second-order valence-corrected chi connectivity index (χ2v) is 6.09. The second-order valence-electron chi connectivity index (χ2n) is 6.09. The first-order valence-corrected chi connectivity index (χ1v) is 6.72. The summed E-state index contributed by atoms with van der Waals surface area (Å²) in [5.74, 6) is 0.678. The first-order chi connectivity index (χ1) is 10.3. The first-order valence-electron chi connectivity index (χ1n) is 6.72. The number of fused-ring (bicyclic) bond motifs is 1. The summed E-state index contributed by atoms with van der Waals surface area (Å²) in [6.07, 6.45) is 0. The number of H-pyrrole nitrogens is 1. The van der Waals surface area contributed by atoms with Crippen LogP contribution in [0.5, 0.6) is 5.75 Å². The third kappa shape index (κ3) is 2.18. The number of nitrogens with zero attached hydrogens (tertiary/aromatic N) is 4. The van der Waals surface area contributed by atoms with Crippen molar-refractivity contribution < 1.29 is 5.11 Å². The van der Waals surface area contributed by atoms with Crippen molar-refractivity contribution >= 4 is 11.5 Å². The zero-order chi connectivity index (χ0) is 16.1. The quantitative estimate of drug-likeness (QED) is 0.456. The topological polar surface area (TPSA) is 122 Å². The molecule has 0 aliphatic rings. The Balaban J connectivity index is 2.27. The summed E-state index contributed by atoms with van der Waals surface area (Å²) in [4.78, 5) is 14.7. The molecule has 0 amide bonds. The minimum atomic E-state index is -0.419. The molecular formula is C14H16N6O2. The maximum absolute atomic E-state index is 12.1. The molecular weight excluding hydrogens is 284 g/mol. The van der Waals surface area contributed by atoms with Crippen LogP contribution in [-0.2, 0) is 5.41 Å². The number of aromatic hydroxyl groups is 1. The lowest BCUT2D eigenvalue weighted by Gasteiger charge is -2.15. The van der Waals surface area contributed by atoms with E-state index in [1.165, 1.54) is 10.6 Å². The number of phenolic OH excluding ortho intramolecular Hbond substituents is 1. The summed E-state index contributed by atoms with van der Waals surface area (Å²) in [6.45, 7) is 5.71. The van der Waals surface area contributed by atoms with E-state index in [9.17, 15) is 9.90 Å². The molecule has 2 aromatic heterocycles. The Hall–Kier alpha value is -2.90. The fourth-order valence-electron chi connectivity index (χ4n) is 2.12. The number of nitrogen functional groups attached to an aromatic ring is 1. The third-order valence-corrected chi connectivity index (χ3v) is 3.28. The highest BCUT2D eigenvalue weighted by atomic mass is 16.3. The van der Waals surface area contributed by atoms with Gasteiger partial charge < -0.3 is 10.8 Å². The molecule has 8 nitrogen and oxygen atoms in total. The van der Waals surface area contributed by atoms with E-state index in [0.717, 1.165) is 0 Å². The molecule has 0 saturated heterocycles. The van der Waals surface area contributed by atoms with Gasteiger partial charge in [0.2, 0.25) is 0 Å². The molecule has 0 atom stereocenters. The normalized spacial score (nSPS) is 12.0. The fraction of sp³-hybridized carbons (Fsp3) is 0.286. The van der Waals surface area contributed by atoms with Crippen molar-refractivity contribution in [3.63, 3.8) is 0 Å². The molecule has 0 fully saturated rings. The number of hydrogen-bond acceptors (Lipinski definition) is 6. The Morgan fingerprint density at radius 3 is 2.64 bits per heavy atom. The van der Waals surface area contributed by atoms with Gasteiger partial charge in [0, 0.05) is 11.0 Å². The molecule has 1 aromatic carbocycles. The molecule has 4 N–H and O–H groups in total. The largest absolute Gasteiger partial charge is 0.506 e. The predicted molar refractivity (Wildman–Crippen MR) is 81.6 cm³/mol. The Labute approximate surface area is 125 Å². The highest BCUT2D eigenvalue weighted by Crippen LogP contribution is 2.26. The number of aromatic nitrogens is 5. The van der Waals surface area contributed by atoms with Crippen LogP contribution in [0.4, 0.5) is 5.69 Å². The summed E-state index contributed by atoms with van der Waals surface area (Å²) in [7, 11) is 0. The Kier molecular flexibility index (Phi) is 2.91. The molecule has 2 heterocycles. The van der Waals surface area contributed by atoms with Crippen LogP contribution < -0.4 is 11.3 Å². The van der Waals surface area contributed by atoms with Crippen molar-refractivity contribution in [2.45, 2.75) is 26.2 Å². The zero-order valence-corrected chi connectivity index (χ0v) is 12.5. The van der Waals surface area contributed by atoms with E-state index in [0.29, 0.717) is 17.1 Å². The van der Waals surface area contributed by atoms with Gasteiger partial charge in [-0.25, -0.2) is 0 Å². The van der Waals surface area contributed by atoms with Crippen molar-refractivity contribution in [1.29, 1.82) is 0 Å². The van der Waals surface area contributed by atoms with E-state index in [4.69, 9.17) is 5.73 Å². The van der Waals surface area contributed by atoms with E-state index in [-0.39, 0.29) is 22.8 Å². The van der Waals surface area contributed by atoms with Crippen LogP contribution >= 0.6 is 0 Å². The number of benzene rings is 1. The van der Waals surface area contributed by atoms with Crippen LogP contribution in [-0.4, -0.2) is 29.9 Å². The average molecular weight is 300 g/mol. The molecule has 8 heteroatoms. The molecule has 3 rings (SSSR count). The van der Waals surface area contributed by atoms with Crippen LogP contribution in [0.2, 0.25) is 0 Å². The fourth-order valence-corrected chi connectivity index (χ4v) is 2.12. The van der Waals surface area contributed by atoms with Gasteiger partial charge in [0.25, 0.3) is 11.3 Å². The number of phenols is 1. The molecule has 0 spiro atoms. The van der Waals surface area contributed by atoms with Gasteiger partial charge in [0.1, 0.15) is 11.4 Å². The number of anilines is 1. The lowest BCUT2D eigenvalue weighted by molar-refractivity contribution is 0.478. The van der Waals surface area contributed by atoms with E-state index in [1.807, 2.05) is 20.8 Å². The number of aromatic amines is 1. The van der Waals surface area contributed by atoms with Crippen molar-refractivity contribution in [2.24, 2.45) is 0 Å². The third-order valence-electron chi connectivity index (χ3n) is 3.28. The number of nitrogens with one attached hydrogen (secondary N) is 1. The highest BCUT2D eigenvalue weighted by Gasteiger charge is 2.22. The van der Waals surface area contributed by atoms with Gasteiger partial charge in [0.05, 0.1) is 5.69 Å². The molecule has 22 heavy (non-hydrogen) atoms. The predicted octanol–water partition coefficient (Wildman–Crippen LogP) is 1.06. The van der Waals surface area contributed by atoms with E-state index in [1.54, 1.807) is 12.1 Å². The van der Waals surface area contributed by atoms with Crippen LogP contribution in [0.15, 0.2) is 23.0 Å². The van der Waals surface area contributed by atoms with E-state index in [2.05, 4.69) is 20.3 Å². The number of hydrogen-bond donors (Lipinski definition) is 3. The molecule has 0 unspecified atom stereocenters. The molecule has 3 aromatic rings. The smallest absolute Gasteiger partial charge is 0.274 e. The SMILES string of the molecule is CC(C)(C)c1nn2c(-c3ccc(O)c(N)c3)nnc2[nH]c1=O. The monoisotopic (exact) mass is 300 g/mol. The van der Waals surface area contributed by atoms with Crippen molar-refractivity contribution in [1.82, 2.24) is 24.8 Å². The Bertz CT molecular complexity index is 919. The van der Waals surface area contributed by atoms with Crippen LogP contribution in [0.3, 0.4) is 0 Å². The van der Waals surface area contributed by atoms with E-state index >= 15 is 0 Å². The summed E-state index contributed by atoms with van der Waals surface area (Å²) in [6, 6.07) is 4.71. The van der Waals surface area contributed by atoms with Gasteiger partial charge >= 0.3 is 0 Å². The lowest BCUT2D eigenvalue weighted by atomic mass is 9.93. The van der Waals surface area contributed by atoms with Crippen molar-refractivity contribution in [2.75, 3.05) is 5.73 Å². The van der Waals surface area contributed by atoms with Gasteiger partial charge in [0.15, 0.2) is 5.82 Å². The van der Waals surface area contributed by atoms with Crippen LogP contribution in [0, 0.1) is 0 Å². The molecule has 0 aliphatic carbocycles.